The van der Waals surface area contributed by atoms with Crippen LogP contribution in [-0.4, -0.2) is 0 Å². The molecule has 0 N–H and O–H groups in total. The summed E-state index contributed by atoms with van der Waals surface area (Å²) in [5, 5.41) is 7.48. The molecule has 0 spiro atoms. The van der Waals surface area contributed by atoms with Crippen molar-refractivity contribution in [2.75, 3.05) is 4.90 Å². The van der Waals surface area contributed by atoms with Gasteiger partial charge in [0.15, 0.2) is 0 Å². The second kappa shape index (κ2) is 14.7. The molecular formula is C59H43N. The van der Waals surface area contributed by atoms with Crippen LogP contribution in [0.15, 0.2) is 212 Å². The van der Waals surface area contributed by atoms with Gasteiger partial charge in [-0.25, -0.2) is 0 Å². The maximum atomic E-state index is 2.43. The molecule has 0 atom stereocenters. The first-order valence-corrected chi connectivity index (χ1v) is 21.0. The zero-order valence-electron chi connectivity index (χ0n) is 33.9. The van der Waals surface area contributed by atoms with Crippen LogP contribution < -0.4 is 4.90 Å². The molecule has 0 bridgehead atoms. The zero-order valence-corrected chi connectivity index (χ0v) is 33.9. The lowest BCUT2D eigenvalue weighted by atomic mass is 9.89. The lowest BCUT2D eigenvalue weighted by Crippen LogP contribution is -2.10. The van der Waals surface area contributed by atoms with Crippen molar-refractivity contribution in [3.63, 3.8) is 0 Å². The molecule has 10 aromatic carbocycles. The highest BCUT2D eigenvalue weighted by Crippen LogP contribution is 2.47. The summed E-state index contributed by atoms with van der Waals surface area (Å²) >= 11 is 0. The van der Waals surface area contributed by atoms with E-state index in [1.807, 2.05) is 0 Å². The van der Waals surface area contributed by atoms with Gasteiger partial charge in [-0.3, -0.25) is 0 Å². The highest BCUT2D eigenvalue weighted by Gasteiger charge is 2.25. The molecule has 1 aliphatic carbocycles. The average Bonchev–Trinajstić information content (AvgIpc) is 3.70. The number of fused-ring (bicyclic) bond motifs is 6. The number of rotatable bonds is 7. The second-order valence-corrected chi connectivity index (χ2v) is 16.2. The summed E-state index contributed by atoms with van der Waals surface area (Å²) in [4.78, 5) is 2.42. The Morgan fingerprint density at radius 1 is 0.333 bits per heavy atom. The lowest BCUT2D eigenvalue weighted by Gasteiger charge is -2.28. The van der Waals surface area contributed by atoms with Crippen molar-refractivity contribution in [2.45, 2.75) is 20.3 Å². The molecule has 0 saturated carbocycles. The van der Waals surface area contributed by atoms with Crippen molar-refractivity contribution < 1.29 is 0 Å². The third-order valence-corrected chi connectivity index (χ3v) is 12.4. The van der Waals surface area contributed by atoms with E-state index >= 15 is 0 Å². The van der Waals surface area contributed by atoms with Crippen LogP contribution in [0.3, 0.4) is 0 Å². The van der Waals surface area contributed by atoms with E-state index in [2.05, 4.69) is 231 Å². The predicted octanol–water partition coefficient (Wildman–Crippen LogP) is 16.1. The zero-order chi connectivity index (χ0) is 40.2. The highest BCUT2D eigenvalue weighted by molar-refractivity contribution is 6.24. The summed E-state index contributed by atoms with van der Waals surface area (Å²) in [6.07, 6.45) is 0.919. The van der Waals surface area contributed by atoms with Crippen LogP contribution >= 0.6 is 0 Å². The molecule has 0 amide bonds. The van der Waals surface area contributed by atoms with Crippen molar-refractivity contribution >= 4 is 60.5 Å². The molecule has 0 saturated heterocycles. The average molecular weight is 766 g/mol. The Kier molecular flexibility index (Phi) is 8.75. The van der Waals surface area contributed by atoms with Crippen molar-refractivity contribution in [3.8, 4) is 22.3 Å². The molecule has 284 valence electrons. The Morgan fingerprint density at radius 2 is 0.833 bits per heavy atom. The molecule has 0 unspecified atom stereocenters. The third kappa shape index (κ3) is 6.19. The van der Waals surface area contributed by atoms with Crippen molar-refractivity contribution in [1.82, 2.24) is 0 Å². The van der Waals surface area contributed by atoms with Crippen LogP contribution in [0.25, 0.3) is 65.7 Å². The van der Waals surface area contributed by atoms with Gasteiger partial charge < -0.3 is 4.90 Å². The van der Waals surface area contributed by atoms with E-state index in [1.165, 1.54) is 105 Å². The quantitative estimate of drug-likeness (QED) is 0.146. The number of anilines is 3. The monoisotopic (exact) mass is 765 g/mol. The van der Waals surface area contributed by atoms with Crippen LogP contribution in [-0.2, 0) is 6.42 Å². The van der Waals surface area contributed by atoms with E-state index in [0.29, 0.717) is 0 Å². The predicted molar refractivity (Wildman–Crippen MR) is 256 cm³/mol. The number of aryl methyl sites for hydroxylation is 2. The first-order chi connectivity index (χ1) is 29.6. The Bertz CT molecular complexity index is 3200. The maximum absolute atomic E-state index is 2.43. The number of benzene rings is 10. The van der Waals surface area contributed by atoms with Gasteiger partial charge in [0.1, 0.15) is 0 Å². The molecule has 60 heavy (non-hydrogen) atoms. The Morgan fingerprint density at radius 3 is 1.47 bits per heavy atom. The summed E-state index contributed by atoms with van der Waals surface area (Å²) in [6.45, 7) is 4.30. The highest BCUT2D eigenvalue weighted by atomic mass is 15.1. The van der Waals surface area contributed by atoms with Crippen LogP contribution in [0, 0.1) is 13.8 Å². The van der Waals surface area contributed by atoms with E-state index < -0.39 is 0 Å². The largest absolute Gasteiger partial charge is 0.310 e. The van der Waals surface area contributed by atoms with E-state index in [1.54, 1.807) is 0 Å². The molecular weight excluding hydrogens is 723 g/mol. The van der Waals surface area contributed by atoms with Gasteiger partial charge in [-0.15, -0.1) is 0 Å². The van der Waals surface area contributed by atoms with Gasteiger partial charge in [0.05, 0.1) is 5.69 Å². The topological polar surface area (TPSA) is 3.24 Å². The maximum Gasteiger partial charge on any atom is 0.0546 e. The minimum Gasteiger partial charge on any atom is -0.310 e. The summed E-state index contributed by atoms with van der Waals surface area (Å²) in [6, 6.07) is 78.5. The first kappa shape index (κ1) is 35.7. The second-order valence-electron chi connectivity index (χ2n) is 16.2. The van der Waals surface area contributed by atoms with Gasteiger partial charge in [0, 0.05) is 16.8 Å². The summed E-state index contributed by atoms with van der Waals surface area (Å²) < 4.78 is 0. The van der Waals surface area contributed by atoms with Crippen molar-refractivity contribution in [2.24, 2.45) is 0 Å². The van der Waals surface area contributed by atoms with Gasteiger partial charge in [-0.2, -0.15) is 0 Å². The third-order valence-electron chi connectivity index (χ3n) is 12.4. The summed E-state index contributed by atoms with van der Waals surface area (Å²) in [7, 11) is 0. The first-order valence-electron chi connectivity index (χ1n) is 21.0. The normalized spacial score (nSPS) is 12.4. The van der Waals surface area contributed by atoms with E-state index in [0.717, 1.165) is 17.8 Å². The number of hydrogen-bond donors (Lipinski definition) is 0. The van der Waals surface area contributed by atoms with Gasteiger partial charge in [-0.05, 0) is 139 Å². The molecule has 1 nitrogen and oxygen atoms in total. The van der Waals surface area contributed by atoms with E-state index in [4.69, 9.17) is 0 Å². The van der Waals surface area contributed by atoms with Gasteiger partial charge in [-0.1, -0.05) is 187 Å². The van der Waals surface area contributed by atoms with Crippen molar-refractivity contribution in [3.05, 3.63) is 246 Å². The Labute approximate surface area is 352 Å². The number of allylic oxidation sites excluding steroid dienone is 1. The van der Waals surface area contributed by atoms with E-state index in [-0.39, 0.29) is 0 Å². The Hall–Kier alpha value is -7.48. The van der Waals surface area contributed by atoms with Crippen LogP contribution in [0.1, 0.15) is 33.4 Å². The minimum absolute atomic E-state index is 0.919. The molecule has 0 aromatic heterocycles. The minimum atomic E-state index is 0.919. The summed E-state index contributed by atoms with van der Waals surface area (Å²) in [5.74, 6) is 0. The molecule has 1 heteroatoms. The van der Waals surface area contributed by atoms with Crippen molar-refractivity contribution in [1.29, 1.82) is 0 Å². The summed E-state index contributed by atoms with van der Waals surface area (Å²) in [5.41, 5.74) is 18.9. The van der Waals surface area contributed by atoms with E-state index in [9.17, 15) is 0 Å². The smallest absolute Gasteiger partial charge is 0.0546 e. The fourth-order valence-corrected chi connectivity index (χ4v) is 9.44. The molecule has 0 aliphatic heterocycles. The fraction of sp³-hybridized carbons (Fsp3) is 0.0508. The van der Waals surface area contributed by atoms with Gasteiger partial charge in [0.25, 0.3) is 0 Å². The Balaban J connectivity index is 1.01. The van der Waals surface area contributed by atoms with Crippen LogP contribution in [0.5, 0.6) is 0 Å². The van der Waals surface area contributed by atoms with Gasteiger partial charge in [0.2, 0.25) is 0 Å². The molecule has 0 heterocycles. The fourth-order valence-electron chi connectivity index (χ4n) is 9.44. The lowest BCUT2D eigenvalue weighted by molar-refractivity contribution is 1.28. The molecule has 0 radical (unpaired) electrons. The van der Waals surface area contributed by atoms with Crippen LogP contribution in [0.4, 0.5) is 17.1 Å². The molecule has 10 aromatic rings. The van der Waals surface area contributed by atoms with Crippen LogP contribution in [0.2, 0.25) is 0 Å². The molecule has 1 aliphatic rings. The standard InChI is InChI=1S/C59H43N/c1-39-21-30-47(31-22-39)60(48-32-23-40(2)24-33-48)58-38-57-51-18-10-9-17-50(51)54(37-56(57)52-19-11-12-20-53(52)58)43-27-25-41(26-28-43)45-29-34-49-46(35-45)36-55(42-13-5-3-6-14-42)59(49)44-15-7-4-8-16-44/h3-35,37-38H,36H2,1-2H3. The molecule has 0 fully saturated rings. The molecule has 11 rings (SSSR count). The number of hydrogen-bond acceptors (Lipinski definition) is 1. The number of nitrogens with zero attached hydrogens (tertiary/aromatic N) is 1. The van der Waals surface area contributed by atoms with Gasteiger partial charge >= 0.3 is 0 Å². The SMILES string of the molecule is Cc1ccc(N(c2ccc(C)cc2)c2cc3c4ccccc4c(-c4ccc(-c5ccc6c(c5)CC(c5ccccc5)=C6c5ccccc5)cc4)cc3c3ccccc23)cc1.